The Kier molecular flexibility index (Phi) is 6.42. The molecule has 1 aromatic rings. The third-order valence-electron chi connectivity index (χ3n) is 2.50. The number of rotatable bonds is 5. The summed E-state index contributed by atoms with van der Waals surface area (Å²) in [4.78, 5) is 12.6. The van der Waals surface area contributed by atoms with Gasteiger partial charge in [-0.25, -0.2) is 4.79 Å². The largest absolute Gasteiger partial charge is 0.416 e. The number of thioether (sulfide) groups is 1. The van der Waals surface area contributed by atoms with E-state index in [2.05, 4.69) is 5.32 Å². The number of aliphatic hydroxyl groups excluding tert-OH is 1. The van der Waals surface area contributed by atoms with Crippen LogP contribution in [-0.2, 0) is 0 Å². The summed E-state index contributed by atoms with van der Waals surface area (Å²) in [5, 5.41) is 11.2. The molecule has 0 saturated carbocycles. The molecule has 0 heterocycles. The minimum atomic E-state index is -4.82. The Balaban J connectivity index is 2.57. The van der Waals surface area contributed by atoms with E-state index < -0.39 is 30.6 Å². The molecule has 124 valence electrons. The lowest BCUT2D eigenvalue weighted by atomic mass is 10.3. The molecular formula is C12H13F5N2O2S. The Hall–Kier alpha value is -1.55. The number of hydrogen-bond acceptors (Lipinski definition) is 3. The van der Waals surface area contributed by atoms with Crippen molar-refractivity contribution in [3.63, 3.8) is 0 Å². The summed E-state index contributed by atoms with van der Waals surface area (Å²) in [5.41, 5.74) is 0.233. The number of alkyl halides is 5. The van der Waals surface area contributed by atoms with Gasteiger partial charge in [-0.2, -0.15) is 22.0 Å². The van der Waals surface area contributed by atoms with Crippen molar-refractivity contribution in [1.29, 1.82) is 0 Å². The Morgan fingerprint density at radius 2 is 1.86 bits per heavy atom. The fourth-order valence-electron chi connectivity index (χ4n) is 1.38. The number of anilines is 1. The lowest BCUT2D eigenvalue weighted by Crippen LogP contribution is -2.43. The average Bonchev–Trinajstić information content (AvgIpc) is 2.39. The second-order valence-electron chi connectivity index (χ2n) is 4.27. The Morgan fingerprint density at radius 3 is 2.32 bits per heavy atom. The maximum absolute atomic E-state index is 12.2. The van der Waals surface area contributed by atoms with E-state index in [1.54, 1.807) is 0 Å². The molecule has 1 aromatic carbocycles. The van der Waals surface area contributed by atoms with Crippen LogP contribution in [0.2, 0.25) is 0 Å². The molecule has 0 aliphatic carbocycles. The molecule has 0 bridgehead atoms. The van der Waals surface area contributed by atoms with Crippen molar-refractivity contribution in [2.24, 2.45) is 0 Å². The van der Waals surface area contributed by atoms with Gasteiger partial charge in [-0.3, -0.25) is 0 Å². The first-order valence-electron chi connectivity index (χ1n) is 5.91. The summed E-state index contributed by atoms with van der Waals surface area (Å²) in [7, 11) is 1.09. The summed E-state index contributed by atoms with van der Waals surface area (Å²) in [6.45, 7) is -0.922. The molecule has 1 unspecified atom stereocenters. The van der Waals surface area contributed by atoms with Crippen LogP contribution in [-0.4, -0.2) is 47.7 Å². The number of hydrogen-bond donors (Lipinski definition) is 2. The lowest BCUT2D eigenvalue weighted by molar-refractivity contribution is -0.205. The summed E-state index contributed by atoms with van der Waals surface area (Å²) >= 11 is 0.329. The van der Waals surface area contributed by atoms with Crippen molar-refractivity contribution < 1.29 is 31.9 Å². The normalized spacial score (nSPS) is 13.1. The van der Waals surface area contributed by atoms with Gasteiger partial charge in [-0.05, 0) is 24.3 Å². The summed E-state index contributed by atoms with van der Waals surface area (Å²) in [6, 6.07) is 4.51. The van der Waals surface area contributed by atoms with Gasteiger partial charge in [0.1, 0.15) is 0 Å². The first kappa shape index (κ1) is 18.5. The van der Waals surface area contributed by atoms with Crippen molar-refractivity contribution >= 4 is 23.5 Å². The van der Waals surface area contributed by atoms with E-state index >= 15 is 0 Å². The van der Waals surface area contributed by atoms with Gasteiger partial charge in [0.2, 0.25) is 0 Å². The van der Waals surface area contributed by atoms with Crippen molar-refractivity contribution in [2.75, 3.05) is 18.9 Å². The number of aliphatic hydroxyl groups is 1. The minimum absolute atomic E-state index is 0.233. The first-order valence-corrected chi connectivity index (χ1v) is 6.79. The van der Waals surface area contributed by atoms with E-state index in [1.165, 1.54) is 24.3 Å². The SMILES string of the molecule is CN(CC(O)C(F)(F)F)C(=O)Nc1ccc(SC(F)F)cc1. The summed E-state index contributed by atoms with van der Waals surface area (Å²) in [6.07, 6.45) is -7.46. The van der Waals surface area contributed by atoms with E-state index in [0.717, 1.165) is 7.05 Å². The van der Waals surface area contributed by atoms with E-state index in [0.29, 0.717) is 16.7 Å². The van der Waals surface area contributed by atoms with Crippen LogP contribution in [0.15, 0.2) is 29.2 Å². The van der Waals surface area contributed by atoms with Gasteiger partial charge in [0.15, 0.2) is 6.10 Å². The number of benzene rings is 1. The summed E-state index contributed by atoms with van der Waals surface area (Å²) < 4.78 is 60.8. The van der Waals surface area contributed by atoms with Crippen LogP contribution in [0.25, 0.3) is 0 Å². The zero-order chi connectivity index (χ0) is 16.9. The molecule has 0 spiro atoms. The maximum atomic E-state index is 12.2. The molecule has 0 radical (unpaired) electrons. The van der Waals surface area contributed by atoms with Crippen LogP contribution in [0.4, 0.5) is 32.4 Å². The number of nitrogens with one attached hydrogen (secondary N) is 1. The van der Waals surface area contributed by atoms with Gasteiger partial charge in [-0.1, -0.05) is 11.8 Å². The van der Waals surface area contributed by atoms with Crippen molar-refractivity contribution in [1.82, 2.24) is 4.90 Å². The van der Waals surface area contributed by atoms with Crippen molar-refractivity contribution in [2.45, 2.75) is 22.9 Å². The fourth-order valence-corrected chi connectivity index (χ4v) is 1.88. The third-order valence-corrected chi connectivity index (χ3v) is 3.22. The number of amides is 2. The van der Waals surface area contributed by atoms with Gasteiger partial charge in [0.25, 0.3) is 5.76 Å². The van der Waals surface area contributed by atoms with Crippen LogP contribution in [0.1, 0.15) is 0 Å². The van der Waals surface area contributed by atoms with Gasteiger partial charge in [0.05, 0.1) is 6.54 Å². The molecule has 0 saturated heterocycles. The van der Waals surface area contributed by atoms with Crippen LogP contribution in [0.5, 0.6) is 0 Å². The van der Waals surface area contributed by atoms with Crippen LogP contribution >= 0.6 is 11.8 Å². The fraction of sp³-hybridized carbons (Fsp3) is 0.417. The van der Waals surface area contributed by atoms with E-state index in [9.17, 15) is 26.7 Å². The van der Waals surface area contributed by atoms with Crippen molar-refractivity contribution in [3.05, 3.63) is 24.3 Å². The van der Waals surface area contributed by atoms with E-state index in [4.69, 9.17) is 5.11 Å². The Labute approximate surface area is 127 Å². The van der Waals surface area contributed by atoms with Gasteiger partial charge < -0.3 is 15.3 Å². The van der Waals surface area contributed by atoms with Crippen molar-refractivity contribution in [3.8, 4) is 0 Å². The standard InChI is InChI=1S/C12H13F5N2O2S/c1-19(6-9(20)12(15,16)17)11(21)18-7-2-4-8(5-3-7)22-10(13)14/h2-5,9-10,20H,6H2,1H3,(H,18,21). The average molecular weight is 344 g/mol. The monoisotopic (exact) mass is 344 g/mol. The molecular weight excluding hydrogens is 331 g/mol. The highest BCUT2D eigenvalue weighted by Gasteiger charge is 2.39. The van der Waals surface area contributed by atoms with Crippen LogP contribution < -0.4 is 5.32 Å². The highest BCUT2D eigenvalue weighted by atomic mass is 32.2. The highest BCUT2D eigenvalue weighted by molar-refractivity contribution is 7.99. The van der Waals surface area contributed by atoms with Gasteiger partial charge in [0, 0.05) is 17.6 Å². The number of halogens is 5. The molecule has 4 nitrogen and oxygen atoms in total. The topological polar surface area (TPSA) is 52.6 Å². The van der Waals surface area contributed by atoms with Crippen LogP contribution in [0, 0.1) is 0 Å². The Bertz CT molecular complexity index is 495. The number of urea groups is 1. The number of carbonyl (C=O) groups excluding carboxylic acids is 1. The molecule has 22 heavy (non-hydrogen) atoms. The maximum Gasteiger partial charge on any atom is 0.416 e. The highest BCUT2D eigenvalue weighted by Crippen LogP contribution is 2.26. The molecule has 2 amide bonds. The lowest BCUT2D eigenvalue weighted by Gasteiger charge is -2.22. The number of nitrogens with zero attached hydrogens (tertiary/aromatic N) is 1. The Morgan fingerprint density at radius 1 is 1.32 bits per heavy atom. The smallest absolute Gasteiger partial charge is 0.382 e. The zero-order valence-electron chi connectivity index (χ0n) is 11.3. The molecule has 0 aromatic heterocycles. The van der Waals surface area contributed by atoms with Gasteiger partial charge in [-0.15, -0.1) is 0 Å². The third kappa shape index (κ3) is 6.06. The van der Waals surface area contributed by atoms with E-state index in [-0.39, 0.29) is 10.6 Å². The summed E-state index contributed by atoms with van der Waals surface area (Å²) in [5.74, 6) is -2.57. The predicted molar refractivity (Wildman–Crippen MR) is 72.0 cm³/mol. The quantitative estimate of drug-likeness (QED) is 0.636. The first-order chi connectivity index (χ1) is 10.1. The second kappa shape index (κ2) is 7.63. The number of carbonyl (C=O) groups is 1. The molecule has 10 heteroatoms. The molecule has 1 atom stereocenters. The molecule has 0 aliphatic rings. The molecule has 1 rings (SSSR count). The molecule has 0 fully saturated rings. The van der Waals surface area contributed by atoms with Crippen LogP contribution in [0.3, 0.4) is 0 Å². The van der Waals surface area contributed by atoms with E-state index in [1.807, 2.05) is 0 Å². The zero-order valence-corrected chi connectivity index (χ0v) is 12.1. The van der Waals surface area contributed by atoms with Gasteiger partial charge >= 0.3 is 12.2 Å². The predicted octanol–water partition coefficient (Wildman–Crippen LogP) is 3.39. The molecule has 2 N–H and O–H groups in total. The minimum Gasteiger partial charge on any atom is -0.382 e. The molecule has 0 aliphatic heterocycles. The number of likely N-dealkylation sites (N-methyl/N-ethyl adjacent to an activating group) is 1. The second-order valence-corrected chi connectivity index (χ2v) is 5.33.